The van der Waals surface area contributed by atoms with Crippen LogP contribution in [0.2, 0.25) is 0 Å². The first kappa shape index (κ1) is 18.9. The Hall–Kier alpha value is -0.430. The summed E-state index contributed by atoms with van der Waals surface area (Å²) in [6.45, 7) is 8.34. The number of nitrogens with zero attached hydrogens (tertiary/aromatic N) is 1. The fraction of sp³-hybridized carbons (Fsp3) is 0.647. The number of likely N-dealkylation sites (tertiary alicyclic amines) is 1. The van der Waals surface area contributed by atoms with Crippen LogP contribution in [0.15, 0.2) is 28.7 Å². The minimum absolute atomic E-state index is 0.0397. The zero-order chi connectivity index (χ0) is 16.9. The number of hydrogen-bond acceptors (Lipinski definition) is 3. The molecule has 1 aliphatic heterocycles. The monoisotopic (exact) mass is 402 g/mol. The number of benzene rings is 1. The minimum atomic E-state index is -3.26. The highest BCUT2D eigenvalue weighted by atomic mass is 79.9. The van der Waals surface area contributed by atoms with Gasteiger partial charge in [-0.1, -0.05) is 41.9 Å². The van der Waals surface area contributed by atoms with E-state index in [-0.39, 0.29) is 5.75 Å². The standard InChI is InChI=1S/C17H27BrN2O2S/c1-14-10-15(2)12-20(11-14)9-3-8-19-23(21,22)13-16-4-6-17(18)7-5-16/h4-7,14-15,19H,3,8-13H2,1-2H3/t14-,15-/m1/s1. The van der Waals surface area contributed by atoms with Gasteiger partial charge in [0.2, 0.25) is 10.0 Å². The third-order valence-corrected chi connectivity index (χ3v) is 6.07. The molecule has 6 heteroatoms. The molecular formula is C17H27BrN2O2S. The van der Waals surface area contributed by atoms with E-state index < -0.39 is 10.0 Å². The lowest BCUT2D eigenvalue weighted by atomic mass is 9.92. The summed E-state index contributed by atoms with van der Waals surface area (Å²) in [5, 5.41) is 0. The molecular weight excluding hydrogens is 376 g/mol. The van der Waals surface area contributed by atoms with Crippen molar-refractivity contribution < 1.29 is 8.42 Å². The summed E-state index contributed by atoms with van der Waals surface area (Å²) in [5.74, 6) is 1.53. The van der Waals surface area contributed by atoms with Gasteiger partial charge >= 0.3 is 0 Å². The zero-order valence-electron chi connectivity index (χ0n) is 14.0. The van der Waals surface area contributed by atoms with E-state index in [0.29, 0.717) is 6.54 Å². The average molecular weight is 403 g/mol. The number of sulfonamides is 1. The zero-order valence-corrected chi connectivity index (χ0v) is 16.4. The fourth-order valence-corrected chi connectivity index (χ4v) is 4.81. The highest BCUT2D eigenvalue weighted by Gasteiger charge is 2.21. The molecule has 1 saturated heterocycles. The lowest BCUT2D eigenvalue weighted by molar-refractivity contribution is 0.140. The molecule has 0 unspecified atom stereocenters. The van der Waals surface area contributed by atoms with Crippen molar-refractivity contribution in [1.29, 1.82) is 0 Å². The van der Waals surface area contributed by atoms with Gasteiger partial charge in [-0.3, -0.25) is 0 Å². The Labute approximate surface area is 148 Å². The molecule has 1 heterocycles. The summed E-state index contributed by atoms with van der Waals surface area (Å²) in [5.41, 5.74) is 0.805. The fourth-order valence-electron chi connectivity index (χ4n) is 3.36. The maximum Gasteiger partial charge on any atom is 0.215 e. The van der Waals surface area contributed by atoms with Gasteiger partial charge in [-0.2, -0.15) is 0 Å². The highest BCUT2D eigenvalue weighted by Crippen LogP contribution is 2.20. The van der Waals surface area contributed by atoms with Gasteiger partial charge in [-0.05, 0) is 48.9 Å². The summed E-state index contributed by atoms with van der Waals surface area (Å²) in [6, 6.07) is 7.40. The van der Waals surface area contributed by atoms with Crippen molar-refractivity contribution in [3.63, 3.8) is 0 Å². The first-order valence-electron chi connectivity index (χ1n) is 8.28. The van der Waals surface area contributed by atoms with E-state index >= 15 is 0 Å². The van der Waals surface area contributed by atoms with Crippen molar-refractivity contribution >= 4 is 26.0 Å². The molecule has 4 nitrogen and oxygen atoms in total. The van der Waals surface area contributed by atoms with E-state index in [9.17, 15) is 8.42 Å². The van der Waals surface area contributed by atoms with Crippen LogP contribution < -0.4 is 4.72 Å². The number of rotatable bonds is 7. The molecule has 130 valence electrons. The topological polar surface area (TPSA) is 49.4 Å². The summed E-state index contributed by atoms with van der Waals surface area (Å²) in [6.07, 6.45) is 2.16. The maximum atomic E-state index is 12.1. The highest BCUT2D eigenvalue weighted by molar-refractivity contribution is 9.10. The van der Waals surface area contributed by atoms with Crippen LogP contribution >= 0.6 is 15.9 Å². The third-order valence-electron chi connectivity index (χ3n) is 4.19. The van der Waals surface area contributed by atoms with E-state index in [1.165, 1.54) is 6.42 Å². The van der Waals surface area contributed by atoms with Crippen LogP contribution in [-0.4, -0.2) is 39.5 Å². The average Bonchev–Trinajstić information content (AvgIpc) is 2.45. The van der Waals surface area contributed by atoms with Crippen LogP contribution in [-0.2, 0) is 15.8 Å². The minimum Gasteiger partial charge on any atom is -0.303 e. The van der Waals surface area contributed by atoms with Gasteiger partial charge in [-0.25, -0.2) is 13.1 Å². The van der Waals surface area contributed by atoms with Gasteiger partial charge in [0.25, 0.3) is 0 Å². The van der Waals surface area contributed by atoms with E-state index in [4.69, 9.17) is 0 Å². The molecule has 1 aromatic rings. The molecule has 0 saturated carbocycles. The number of nitrogens with one attached hydrogen (secondary N) is 1. The number of halogens is 1. The lowest BCUT2D eigenvalue weighted by Crippen LogP contribution is -2.40. The van der Waals surface area contributed by atoms with E-state index in [0.717, 1.165) is 47.9 Å². The predicted octanol–water partition coefficient (Wildman–Crippen LogP) is 3.24. The van der Waals surface area contributed by atoms with Crippen LogP contribution in [0, 0.1) is 11.8 Å². The summed E-state index contributed by atoms with van der Waals surface area (Å²) >= 11 is 3.35. The molecule has 2 atom stereocenters. The molecule has 1 fully saturated rings. The Morgan fingerprint density at radius 1 is 1.17 bits per heavy atom. The third kappa shape index (κ3) is 6.91. The Bertz CT molecular complexity index is 579. The Morgan fingerprint density at radius 2 is 1.78 bits per heavy atom. The van der Waals surface area contributed by atoms with Crippen molar-refractivity contribution in [3.8, 4) is 0 Å². The first-order valence-corrected chi connectivity index (χ1v) is 10.7. The van der Waals surface area contributed by atoms with Gasteiger partial charge in [0.1, 0.15) is 0 Å². The second-order valence-corrected chi connectivity index (χ2v) is 9.56. The molecule has 0 spiro atoms. The smallest absolute Gasteiger partial charge is 0.215 e. The van der Waals surface area contributed by atoms with Gasteiger partial charge < -0.3 is 4.90 Å². The Balaban J connectivity index is 1.71. The normalized spacial score (nSPS) is 23.1. The number of hydrogen-bond donors (Lipinski definition) is 1. The van der Waals surface area contributed by atoms with E-state index in [1.807, 2.05) is 24.3 Å². The van der Waals surface area contributed by atoms with Crippen LogP contribution in [0.3, 0.4) is 0 Å². The van der Waals surface area contributed by atoms with Crippen LogP contribution in [0.4, 0.5) is 0 Å². The summed E-state index contributed by atoms with van der Waals surface area (Å²) < 4.78 is 27.9. The molecule has 2 rings (SSSR count). The molecule has 1 N–H and O–H groups in total. The molecule has 1 aromatic carbocycles. The SMILES string of the molecule is C[C@@H]1C[C@@H](C)CN(CCCNS(=O)(=O)Cc2ccc(Br)cc2)C1. The predicted molar refractivity (Wildman–Crippen MR) is 98.8 cm³/mol. The first-order chi connectivity index (χ1) is 10.8. The summed E-state index contributed by atoms with van der Waals surface area (Å²) in [7, 11) is -3.26. The quantitative estimate of drug-likeness (QED) is 0.712. The van der Waals surface area contributed by atoms with Gasteiger partial charge in [0, 0.05) is 24.1 Å². The van der Waals surface area contributed by atoms with E-state index in [2.05, 4.69) is 39.4 Å². The van der Waals surface area contributed by atoms with Crippen molar-refractivity contribution in [2.75, 3.05) is 26.2 Å². The molecule has 1 aliphatic rings. The van der Waals surface area contributed by atoms with Crippen LogP contribution in [0.25, 0.3) is 0 Å². The largest absolute Gasteiger partial charge is 0.303 e. The molecule has 0 amide bonds. The van der Waals surface area contributed by atoms with Crippen LogP contribution in [0.1, 0.15) is 32.3 Å². The molecule has 0 aromatic heterocycles. The molecule has 0 aliphatic carbocycles. The van der Waals surface area contributed by atoms with Gasteiger partial charge in [0.15, 0.2) is 0 Å². The van der Waals surface area contributed by atoms with Crippen LogP contribution in [0.5, 0.6) is 0 Å². The van der Waals surface area contributed by atoms with Gasteiger partial charge in [-0.15, -0.1) is 0 Å². The number of piperidine rings is 1. The molecule has 0 bridgehead atoms. The lowest BCUT2D eigenvalue weighted by Gasteiger charge is -2.34. The summed E-state index contributed by atoms with van der Waals surface area (Å²) in [4.78, 5) is 2.46. The second-order valence-electron chi connectivity index (χ2n) is 6.84. The molecule has 0 radical (unpaired) electrons. The van der Waals surface area contributed by atoms with Crippen molar-refractivity contribution in [2.45, 2.75) is 32.4 Å². The van der Waals surface area contributed by atoms with Crippen molar-refractivity contribution in [2.24, 2.45) is 11.8 Å². The van der Waals surface area contributed by atoms with Crippen molar-refractivity contribution in [1.82, 2.24) is 9.62 Å². The van der Waals surface area contributed by atoms with Crippen molar-refractivity contribution in [3.05, 3.63) is 34.3 Å². The van der Waals surface area contributed by atoms with E-state index in [1.54, 1.807) is 0 Å². The maximum absolute atomic E-state index is 12.1. The molecule has 23 heavy (non-hydrogen) atoms. The second kappa shape index (κ2) is 8.60. The van der Waals surface area contributed by atoms with Gasteiger partial charge in [0.05, 0.1) is 5.75 Å². The Kier molecular flexibility index (Phi) is 7.07. The Morgan fingerprint density at radius 3 is 2.39 bits per heavy atom.